The lowest BCUT2D eigenvalue weighted by Crippen LogP contribution is -2.37. The summed E-state index contributed by atoms with van der Waals surface area (Å²) in [5, 5.41) is 2.31. The number of carbonyl (C=O) groups is 2. The molecule has 1 heterocycles. The fraction of sp³-hybridized carbons (Fsp3) is 0.190. The van der Waals surface area contributed by atoms with Gasteiger partial charge in [0, 0.05) is 23.7 Å². The summed E-state index contributed by atoms with van der Waals surface area (Å²) < 4.78 is 10.5. The molecule has 0 fully saturated rings. The molecule has 0 saturated carbocycles. The Hall–Kier alpha value is -3.19. The van der Waals surface area contributed by atoms with Crippen LogP contribution in [0.3, 0.4) is 0 Å². The number of carbonyl (C=O) groups excluding carboxylic acids is 2. The van der Waals surface area contributed by atoms with Crippen molar-refractivity contribution in [2.24, 2.45) is 0 Å². The number of ether oxygens (including phenoxy) is 2. The summed E-state index contributed by atoms with van der Waals surface area (Å²) in [6, 6.07) is 16.6. The number of benzene rings is 2. The van der Waals surface area contributed by atoms with Crippen LogP contribution in [0.4, 0.5) is 5.69 Å². The zero-order valence-electron chi connectivity index (χ0n) is 15.8. The highest BCUT2D eigenvalue weighted by Gasteiger charge is 2.24. The van der Waals surface area contributed by atoms with Gasteiger partial charge in [-0.15, -0.1) is 11.3 Å². The van der Waals surface area contributed by atoms with E-state index < -0.39 is 12.1 Å². The standard InChI is InChI=1S/C21H20N2O4S/c1-14(20(24)23(2)16-7-5-4-6-8-16)27-21(25)18-13-28-19(22-18)15-9-11-17(26-3)12-10-15/h4-14H,1-3H3/t14-/m0/s1. The van der Waals surface area contributed by atoms with Crippen molar-refractivity contribution in [3.8, 4) is 16.3 Å². The Morgan fingerprint density at radius 2 is 1.75 bits per heavy atom. The van der Waals surface area contributed by atoms with Gasteiger partial charge in [-0.2, -0.15) is 0 Å². The molecule has 1 atom stereocenters. The topological polar surface area (TPSA) is 68.7 Å². The molecule has 0 aliphatic carbocycles. The van der Waals surface area contributed by atoms with Crippen molar-refractivity contribution in [2.45, 2.75) is 13.0 Å². The normalized spacial score (nSPS) is 11.5. The Kier molecular flexibility index (Phi) is 6.06. The fourth-order valence-electron chi connectivity index (χ4n) is 2.56. The maximum atomic E-state index is 12.5. The van der Waals surface area contributed by atoms with E-state index in [1.54, 1.807) is 26.5 Å². The van der Waals surface area contributed by atoms with E-state index in [4.69, 9.17) is 9.47 Å². The summed E-state index contributed by atoms with van der Waals surface area (Å²) in [6.45, 7) is 1.55. The first-order valence-corrected chi connectivity index (χ1v) is 9.51. The van der Waals surface area contributed by atoms with Crippen LogP contribution in [0.25, 0.3) is 10.6 Å². The second-order valence-corrected chi connectivity index (χ2v) is 6.90. The Morgan fingerprint density at radius 3 is 2.39 bits per heavy atom. The number of hydrogen-bond acceptors (Lipinski definition) is 6. The summed E-state index contributed by atoms with van der Waals surface area (Å²) >= 11 is 1.33. The van der Waals surface area contributed by atoms with Gasteiger partial charge >= 0.3 is 5.97 Å². The van der Waals surface area contributed by atoms with Crippen LogP contribution in [0.1, 0.15) is 17.4 Å². The summed E-state index contributed by atoms with van der Waals surface area (Å²) in [5.74, 6) is -0.196. The maximum absolute atomic E-state index is 12.5. The fourth-order valence-corrected chi connectivity index (χ4v) is 3.35. The predicted octanol–water partition coefficient (Wildman–Crippen LogP) is 4.03. The van der Waals surface area contributed by atoms with E-state index in [-0.39, 0.29) is 11.6 Å². The first-order valence-electron chi connectivity index (χ1n) is 8.63. The minimum atomic E-state index is -0.927. The Labute approximate surface area is 167 Å². The van der Waals surface area contributed by atoms with Crippen molar-refractivity contribution >= 4 is 28.9 Å². The second-order valence-electron chi connectivity index (χ2n) is 6.05. The molecule has 0 radical (unpaired) electrons. The molecule has 3 rings (SSSR count). The minimum absolute atomic E-state index is 0.179. The molecule has 1 aromatic heterocycles. The molecule has 0 saturated heterocycles. The Balaban J connectivity index is 1.65. The molecule has 3 aromatic rings. The molecule has 28 heavy (non-hydrogen) atoms. The van der Waals surface area contributed by atoms with E-state index in [1.807, 2.05) is 54.6 Å². The molecule has 6 nitrogen and oxygen atoms in total. The van der Waals surface area contributed by atoms with E-state index in [9.17, 15) is 9.59 Å². The molecule has 0 N–H and O–H groups in total. The lowest BCUT2D eigenvalue weighted by atomic mass is 10.2. The number of likely N-dealkylation sites (N-methyl/N-ethyl adjacent to an activating group) is 1. The summed E-state index contributed by atoms with van der Waals surface area (Å²) in [5.41, 5.74) is 1.78. The zero-order chi connectivity index (χ0) is 20.1. The number of esters is 1. The van der Waals surface area contributed by atoms with Gasteiger partial charge < -0.3 is 14.4 Å². The molecule has 0 bridgehead atoms. The van der Waals surface area contributed by atoms with E-state index in [1.165, 1.54) is 16.2 Å². The van der Waals surface area contributed by atoms with Gasteiger partial charge in [0.2, 0.25) is 0 Å². The van der Waals surface area contributed by atoms with Gasteiger partial charge in [-0.1, -0.05) is 18.2 Å². The third kappa shape index (κ3) is 4.37. The predicted molar refractivity (Wildman–Crippen MR) is 109 cm³/mol. The number of aromatic nitrogens is 1. The third-order valence-electron chi connectivity index (χ3n) is 4.16. The summed E-state index contributed by atoms with van der Waals surface area (Å²) in [4.78, 5) is 30.7. The van der Waals surface area contributed by atoms with Gasteiger partial charge in [0.1, 0.15) is 10.8 Å². The first kappa shape index (κ1) is 19.6. The zero-order valence-corrected chi connectivity index (χ0v) is 16.6. The highest BCUT2D eigenvalue weighted by molar-refractivity contribution is 7.13. The van der Waals surface area contributed by atoms with Crippen LogP contribution < -0.4 is 9.64 Å². The summed E-state index contributed by atoms with van der Waals surface area (Å²) in [7, 11) is 3.25. The lowest BCUT2D eigenvalue weighted by molar-refractivity contribution is -0.126. The van der Waals surface area contributed by atoms with Crippen LogP contribution in [-0.2, 0) is 9.53 Å². The number of rotatable bonds is 6. The van der Waals surface area contributed by atoms with Gasteiger partial charge in [0.05, 0.1) is 7.11 Å². The second kappa shape index (κ2) is 8.67. The number of anilines is 1. The van der Waals surface area contributed by atoms with Gasteiger partial charge in [-0.25, -0.2) is 9.78 Å². The third-order valence-corrected chi connectivity index (χ3v) is 5.05. The minimum Gasteiger partial charge on any atom is -0.497 e. The van der Waals surface area contributed by atoms with Gasteiger partial charge in [0.15, 0.2) is 11.8 Å². The van der Waals surface area contributed by atoms with Crippen molar-refractivity contribution in [1.82, 2.24) is 4.98 Å². The molecule has 0 aliphatic rings. The van der Waals surface area contributed by atoms with Crippen LogP contribution in [0.5, 0.6) is 5.75 Å². The molecule has 144 valence electrons. The Bertz CT molecular complexity index is 954. The van der Waals surface area contributed by atoms with E-state index >= 15 is 0 Å². The number of para-hydroxylation sites is 1. The number of amides is 1. The van der Waals surface area contributed by atoms with E-state index in [0.717, 1.165) is 17.0 Å². The monoisotopic (exact) mass is 396 g/mol. The molecule has 1 amide bonds. The largest absolute Gasteiger partial charge is 0.497 e. The van der Waals surface area contributed by atoms with Crippen molar-refractivity contribution in [2.75, 3.05) is 19.1 Å². The van der Waals surface area contributed by atoms with Crippen LogP contribution in [0.2, 0.25) is 0 Å². The number of thiazole rings is 1. The van der Waals surface area contributed by atoms with E-state index in [2.05, 4.69) is 4.98 Å². The van der Waals surface area contributed by atoms with Crippen molar-refractivity contribution < 1.29 is 19.1 Å². The average molecular weight is 396 g/mol. The Morgan fingerprint density at radius 1 is 1.07 bits per heavy atom. The van der Waals surface area contributed by atoms with Gasteiger partial charge in [-0.05, 0) is 43.3 Å². The molecule has 2 aromatic carbocycles. The highest BCUT2D eigenvalue weighted by Crippen LogP contribution is 2.26. The van der Waals surface area contributed by atoms with E-state index in [0.29, 0.717) is 5.01 Å². The molecular formula is C21H20N2O4S. The number of methoxy groups -OCH3 is 1. The van der Waals surface area contributed by atoms with Crippen LogP contribution in [0, 0.1) is 0 Å². The van der Waals surface area contributed by atoms with Crippen molar-refractivity contribution in [3.63, 3.8) is 0 Å². The highest BCUT2D eigenvalue weighted by atomic mass is 32.1. The SMILES string of the molecule is COc1ccc(-c2nc(C(=O)O[C@@H](C)C(=O)N(C)c3ccccc3)cs2)cc1. The molecule has 0 unspecified atom stereocenters. The van der Waals surface area contributed by atoms with Gasteiger partial charge in [0.25, 0.3) is 5.91 Å². The van der Waals surface area contributed by atoms with Crippen molar-refractivity contribution in [1.29, 1.82) is 0 Å². The van der Waals surface area contributed by atoms with Crippen LogP contribution >= 0.6 is 11.3 Å². The average Bonchev–Trinajstić information content (AvgIpc) is 3.23. The smallest absolute Gasteiger partial charge is 0.358 e. The van der Waals surface area contributed by atoms with Gasteiger partial charge in [-0.3, -0.25) is 4.79 Å². The molecule has 0 aliphatic heterocycles. The molecule has 0 spiro atoms. The number of hydrogen-bond donors (Lipinski definition) is 0. The van der Waals surface area contributed by atoms with Crippen LogP contribution in [0.15, 0.2) is 60.0 Å². The summed E-state index contributed by atoms with van der Waals surface area (Å²) in [6.07, 6.45) is -0.927. The van der Waals surface area contributed by atoms with Crippen LogP contribution in [-0.4, -0.2) is 37.1 Å². The first-order chi connectivity index (χ1) is 13.5. The molecule has 7 heteroatoms. The number of nitrogens with zero attached hydrogens (tertiary/aromatic N) is 2. The quantitative estimate of drug-likeness (QED) is 0.589. The van der Waals surface area contributed by atoms with Crippen molar-refractivity contribution in [3.05, 3.63) is 65.7 Å². The molecular weight excluding hydrogens is 376 g/mol. The lowest BCUT2D eigenvalue weighted by Gasteiger charge is -2.21. The maximum Gasteiger partial charge on any atom is 0.358 e.